The zero-order valence-corrected chi connectivity index (χ0v) is 24.0. The van der Waals surface area contributed by atoms with Gasteiger partial charge in [-0.05, 0) is 33.1 Å². The first-order chi connectivity index (χ1) is 19.6. The monoisotopic (exact) mass is 572 g/mol. The molecule has 2 N–H and O–H groups in total. The molecule has 0 aromatic heterocycles. The molecule has 5 rings (SSSR count). The fraction of sp³-hybridized carbons (Fsp3) is 0.333. The molecule has 1 saturated heterocycles. The SMILES string of the molecule is CC(C)(C)[Si](OCC1O[C@@H](N=[N+]=[N-])C(N2C(=O)c3ccccc3C2=O)[C@@H](O)[C@H]1O)(c1ccccc1)c1ccccc1. The fourth-order valence-electron chi connectivity index (χ4n) is 5.94. The molecule has 1 fully saturated rings. The molecule has 11 heteroatoms. The fourth-order valence-corrected chi connectivity index (χ4v) is 10.5. The average molecular weight is 573 g/mol. The van der Waals surface area contributed by atoms with Gasteiger partial charge in [0, 0.05) is 4.91 Å². The molecule has 0 radical (unpaired) electrons. The topological polar surface area (TPSA) is 145 Å². The Labute approximate surface area is 238 Å². The third-order valence-electron chi connectivity index (χ3n) is 7.86. The van der Waals surface area contributed by atoms with Crippen molar-refractivity contribution in [3.63, 3.8) is 0 Å². The van der Waals surface area contributed by atoms with Gasteiger partial charge in [0.05, 0.1) is 17.7 Å². The average Bonchev–Trinajstić information content (AvgIpc) is 3.22. The smallest absolute Gasteiger partial charge is 0.261 e. The molecular formula is C30H32N4O6Si. The zero-order valence-electron chi connectivity index (χ0n) is 23.0. The third kappa shape index (κ3) is 4.86. The number of hydrogen-bond donors (Lipinski definition) is 2. The number of nitrogens with zero attached hydrogens (tertiary/aromatic N) is 4. The number of aliphatic hydroxyl groups is 2. The van der Waals surface area contributed by atoms with Crippen molar-refractivity contribution < 1.29 is 29.0 Å². The van der Waals surface area contributed by atoms with Gasteiger partial charge >= 0.3 is 0 Å². The molecule has 0 spiro atoms. The zero-order chi connectivity index (χ0) is 29.4. The maximum absolute atomic E-state index is 13.2. The Balaban J connectivity index is 1.48. The Bertz CT molecular complexity index is 1400. The van der Waals surface area contributed by atoms with Crippen LogP contribution in [0.2, 0.25) is 5.04 Å². The van der Waals surface area contributed by atoms with Gasteiger partial charge in [-0.15, -0.1) is 0 Å². The number of aliphatic hydroxyl groups excluding tert-OH is 2. The summed E-state index contributed by atoms with van der Waals surface area (Å²) >= 11 is 0. The number of ether oxygens (including phenoxy) is 1. The number of carbonyl (C=O) groups excluding carboxylic acids is 2. The molecular weight excluding hydrogens is 540 g/mol. The molecule has 2 aliphatic heterocycles. The van der Waals surface area contributed by atoms with Crippen LogP contribution in [0, 0.1) is 0 Å². The van der Waals surface area contributed by atoms with Crippen molar-refractivity contribution in [2.75, 3.05) is 6.61 Å². The molecule has 0 saturated carbocycles. The molecule has 2 heterocycles. The van der Waals surface area contributed by atoms with E-state index >= 15 is 0 Å². The molecule has 3 aromatic carbocycles. The number of azide groups is 1. The number of amides is 2. The molecule has 212 valence electrons. The minimum absolute atomic E-state index is 0.141. The van der Waals surface area contributed by atoms with E-state index in [1.165, 1.54) is 12.1 Å². The van der Waals surface area contributed by atoms with Crippen LogP contribution in [0.3, 0.4) is 0 Å². The van der Waals surface area contributed by atoms with Crippen LogP contribution in [0.1, 0.15) is 41.5 Å². The van der Waals surface area contributed by atoms with Crippen molar-refractivity contribution in [2.45, 2.75) is 56.4 Å². The van der Waals surface area contributed by atoms with Gasteiger partial charge < -0.3 is 19.4 Å². The first kappa shape index (κ1) is 28.7. The second-order valence-corrected chi connectivity index (χ2v) is 15.5. The second-order valence-electron chi connectivity index (χ2n) is 11.2. The van der Waals surface area contributed by atoms with Gasteiger partial charge in [0.1, 0.15) is 24.4 Å². The Kier molecular flexibility index (Phi) is 7.84. The van der Waals surface area contributed by atoms with Gasteiger partial charge in [-0.25, -0.2) is 0 Å². The molecule has 3 aromatic rings. The molecule has 41 heavy (non-hydrogen) atoms. The molecule has 2 unspecified atom stereocenters. The number of imide groups is 1. The third-order valence-corrected chi connectivity index (χ3v) is 12.9. The predicted molar refractivity (Wildman–Crippen MR) is 154 cm³/mol. The van der Waals surface area contributed by atoms with Crippen LogP contribution >= 0.6 is 0 Å². The van der Waals surface area contributed by atoms with Crippen molar-refractivity contribution in [2.24, 2.45) is 5.11 Å². The normalized spacial score (nSPS) is 24.6. The summed E-state index contributed by atoms with van der Waals surface area (Å²) in [5.41, 5.74) is 9.63. The van der Waals surface area contributed by atoms with Gasteiger partial charge in [0.25, 0.3) is 20.1 Å². The summed E-state index contributed by atoms with van der Waals surface area (Å²) in [4.78, 5) is 30.0. The number of carbonyl (C=O) groups is 2. The number of rotatable bonds is 7. The first-order valence-electron chi connectivity index (χ1n) is 13.4. The van der Waals surface area contributed by atoms with Crippen LogP contribution in [0.5, 0.6) is 0 Å². The van der Waals surface area contributed by atoms with Crippen molar-refractivity contribution in [3.05, 3.63) is 106 Å². The maximum atomic E-state index is 13.2. The van der Waals surface area contributed by atoms with Crippen LogP contribution in [-0.2, 0) is 9.16 Å². The minimum atomic E-state index is -3.03. The standard InChI is InChI=1S/C30H32N4O6Si/c1-30(2,3)41(19-12-6-4-7-13-19,20-14-8-5-9-15-20)39-18-23-25(35)26(36)24(27(40-23)32-33-31)34-28(37)21-16-10-11-17-22(21)29(34)38/h4-17,23-27,35-36H,18H2,1-3H3/t23?,24?,25-,26+,27+/m0/s1. The lowest BCUT2D eigenvalue weighted by Gasteiger charge is -2.47. The van der Waals surface area contributed by atoms with Crippen molar-refractivity contribution in [1.29, 1.82) is 0 Å². The van der Waals surface area contributed by atoms with Crippen LogP contribution in [0.15, 0.2) is 90.0 Å². The quantitative estimate of drug-likeness (QED) is 0.146. The lowest BCUT2D eigenvalue weighted by molar-refractivity contribution is -0.201. The minimum Gasteiger partial charge on any atom is -0.405 e. The predicted octanol–water partition coefficient (Wildman–Crippen LogP) is 2.98. The Morgan fingerprint density at radius 2 is 1.37 bits per heavy atom. The Morgan fingerprint density at radius 1 is 0.878 bits per heavy atom. The van der Waals surface area contributed by atoms with Gasteiger partial charge in [-0.3, -0.25) is 14.5 Å². The summed E-state index contributed by atoms with van der Waals surface area (Å²) in [5, 5.41) is 27.9. The lowest BCUT2D eigenvalue weighted by atomic mass is 9.95. The molecule has 2 amide bonds. The maximum Gasteiger partial charge on any atom is 0.261 e. The second kappa shape index (κ2) is 11.2. The van der Waals surface area contributed by atoms with Gasteiger partial charge in [-0.2, -0.15) is 0 Å². The number of hydrogen-bond acceptors (Lipinski definition) is 7. The van der Waals surface area contributed by atoms with E-state index in [4.69, 9.17) is 9.16 Å². The molecule has 0 aliphatic carbocycles. The van der Waals surface area contributed by atoms with E-state index in [1.54, 1.807) is 12.1 Å². The van der Waals surface area contributed by atoms with Crippen molar-refractivity contribution in [1.82, 2.24) is 4.90 Å². The Hall–Kier alpha value is -3.83. The molecule has 0 bridgehead atoms. The summed E-state index contributed by atoms with van der Waals surface area (Å²) in [6.07, 6.45) is -5.77. The van der Waals surface area contributed by atoms with Crippen LogP contribution in [0.4, 0.5) is 0 Å². The molecule has 5 atom stereocenters. The molecule has 10 nitrogen and oxygen atoms in total. The van der Waals surface area contributed by atoms with E-state index in [0.29, 0.717) is 0 Å². The highest BCUT2D eigenvalue weighted by Gasteiger charge is 2.55. The highest BCUT2D eigenvalue weighted by molar-refractivity contribution is 6.99. The summed E-state index contributed by atoms with van der Waals surface area (Å²) < 4.78 is 12.9. The van der Waals surface area contributed by atoms with Crippen LogP contribution in [-0.4, -0.2) is 72.4 Å². The van der Waals surface area contributed by atoms with E-state index in [1.807, 2.05) is 60.7 Å². The largest absolute Gasteiger partial charge is 0.405 e. The highest BCUT2D eigenvalue weighted by atomic mass is 28.4. The van der Waals surface area contributed by atoms with Gasteiger partial charge in [-0.1, -0.05) is 98.7 Å². The summed E-state index contributed by atoms with van der Waals surface area (Å²) in [7, 11) is -3.03. The van der Waals surface area contributed by atoms with Crippen LogP contribution < -0.4 is 10.4 Å². The van der Waals surface area contributed by atoms with E-state index in [9.17, 15) is 25.3 Å². The van der Waals surface area contributed by atoms with Crippen molar-refractivity contribution >= 4 is 30.5 Å². The summed E-state index contributed by atoms with van der Waals surface area (Å²) in [6.45, 7) is 6.17. The summed E-state index contributed by atoms with van der Waals surface area (Å²) in [6, 6.07) is 24.6. The number of fused-ring (bicyclic) bond motifs is 1. The van der Waals surface area contributed by atoms with E-state index in [2.05, 4.69) is 30.8 Å². The number of benzene rings is 3. The Morgan fingerprint density at radius 3 is 1.83 bits per heavy atom. The first-order valence-corrected chi connectivity index (χ1v) is 15.3. The van der Waals surface area contributed by atoms with E-state index < -0.39 is 50.7 Å². The molecule has 2 aliphatic rings. The van der Waals surface area contributed by atoms with Gasteiger partial charge in [0.15, 0.2) is 6.23 Å². The highest BCUT2D eigenvalue weighted by Crippen LogP contribution is 2.38. The van der Waals surface area contributed by atoms with E-state index in [0.717, 1.165) is 15.3 Å². The van der Waals surface area contributed by atoms with E-state index in [-0.39, 0.29) is 22.8 Å². The summed E-state index contributed by atoms with van der Waals surface area (Å²) in [5.74, 6) is -1.32. The van der Waals surface area contributed by atoms with Crippen LogP contribution in [0.25, 0.3) is 10.4 Å². The van der Waals surface area contributed by atoms with Crippen molar-refractivity contribution in [3.8, 4) is 0 Å². The van der Waals surface area contributed by atoms with Gasteiger partial charge in [0.2, 0.25) is 0 Å². The lowest BCUT2D eigenvalue weighted by Crippen LogP contribution is -2.69.